The Bertz CT molecular complexity index is 1130. The summed E-state index contributed by atoms with van der Waals surface area (Å²) in [5, 5.41) is 6.64. The van der Waals surface area contributed by atoms with Crippen LogP contribution in [0.15, 0.2) is 71.8 Å². The van der Waals surface area contributed by atoms with Crippen molar-refractivity contribution in [2.45, 2.75) is 34.3 Å². The lowest BCUT2D eigenvalue weighted by Crippen LogP contribution is -2.33. The second kappa shape index (κ2) is 10.4. The highest BCUT2D eigenvalue weighted by Crippen LogP contribution is 2.16. The molecule has 32 heavy (non-hydrogen) atoms. The molecule has 6 nitrogen and oxygen atoms in total. The van der Waals surface area contributed by atoms with Gasteiger partial charge in [-0.25, -0.2) is 5.43 Å². The minimum absolute atomic E-state index is 0.484. The smallest absolute Gasteiger partial charge is 0.329 e. The summed E-state index contributed by atoms with van der Waals surface area (Å²) in [4.78, 5) is 24.2. The predicted molar refractivity (Wildman–Crippen MR) is 127 cm³/mol. The second-order valence-corrected chi connectivity index (χ2v) is 7.71. The molecule has 0 atom stereocenters. The van der Waals surface area contributed by atoms with E-state index in [0.717, 1.165) is 28.0 Å². The summed E-state index contributed by atoms with van der Waals surface area (Å²) in [6.07, 6.45) is 0. The number of aryl methyl sites for hydroxylation is 3. The van der Waals surface area contributed by atoms with E-state index in [2.05, 4.69) is 28.0 Å². The van der Waals surface area contributed by atoms with Gasteiger partial charge in [0.1, 0.15) is 12.4 Å². The number of hydrogen-bond acceptors (Lipinski definition) is 4. The molecule has 6 heteroatoms. The summed E-state index contributed by atoms with van der Waals surface area (Å²) in [5.74, 6) is -0.866. The Morgan fingerprint density at radius 3 is 2.16 bits per heavy atom. The third kappa shape index (κ3) is 6.28. The number of anilines is 1. The fourth-order valence-corrected chi connectivity index (χ4v) is 3.03. The van der Waals surface area contributed by atoms with Gasteiger partial charge in [0.05, 0.1) is 5.71 Å². The van der Waals surface area contributed by atoms with E-state index in [-0.39, 0.29) is 0 Å². The van der Waals surface area contributed by atoms with Crippen molar-refractivity contribution >= 4 is 23.2 Å². The quantitative estimate of drug-likeness (QED) is 0.339. The number of carbonyl (C=O) groups is 2. The highest BCUT2D eigenvalue weighted by atomic mass is 16.5. The van der Waals surface area contributed by atoms with E-state index in [4.69, 9.17) is 4.74 Å². The van der Waals surface area contributed by atoms with Crippen LogP contribution in [0.1, 0.15) is 34.7 Å². The number of hydrazone groups is 1. The van der Waals surface area contributed by atoms with Gasteiger partial charge in [0.25, 0.3) is 0 Å². The number of amides is 2. The molecule has 0 aliphatic heterocycles. The van der Waals surface area contributed by atoms with Crippen LogP contribution in [0.25, 0.3) is 0 Å². The monoisotopic (exact) mass is 429 g/mol. The highest BCUT2D eigenvalue weighted by Gasteiger charge is 2.14. The van der Waals surface area contributed by atoms with Gasteiger partial charge in [0.15, 0.2) is 0 Å². The van der Waals surface area contributed by atoms with Crippen LogP contribution in [-0.4, -0.2) is 17.5 Å². The SMILES string of the molecule is C/C(=N\NC(=O)C(=O)Nc1ccc(C)cc1C)c1ccc(OCc2ccc(C)cc2)cc1. The normalized spacial score (nSPS) is 11.1. The van der Waals surface area contributed by atoms with Crippen molar-refractivity contribution in [3.63, 3.8) is 0 Å². The van der Waals surface area contributed by atoms with Crippen molar-refractivity contribution in [3.8, 4) is 5.75 Å². The van der Waals surface area contributed by atoms with E-state index in [1.807, 2.05) is 69.3 Å². The lowest BCUT2D eigenvalue weighted by atomic mass is 10.1. The van der Waals surface area contributed by atoms with Crippen molar-refractivity contribution in [1.29, 1.82) is 0 Å². The molecule has 3 aromatic carbocycles. The van der Waals surface area contributed by atoms with Crippen LogP contribution in [0.5, 0.6) is 5.75 Å². The molecule has 2 amide bonds. The van der Waals surface area contributed by atoms with Crippen LogP contribution < -0.4 is 15.5 Å². The number of nitrogens with zero attached hydrogens (tertiary/aromatic N) is 1. The number of benzene rings is 3. The topological polar surface area (TPSA) is 79.8 Å². The summed E-state index contributed by atoms with van der Waals surface area (Å²) >= 11 is 0. The molecule has 0 aliphatic carbocycles. The molecule has 0 fully saturated rings. The van der Waals surface area contributed by atoms with Crippen LogP contribution in [-0.2, 0) is 16.2 Å². The maximum atomic E-state index is 12.1. The Morgan fingerprint density at radius 2 is 1.50 bits per heavy atom. The molecule has 164 valence electrons. The van der Waals surface area contributed by atoms with Crippen molar-refractivity contribution in [2.24, 2.45) is 5.10 Å². The molecule has 0 saturated heterocycles. The van der Waals surface area contributed by atoms with Gasteiger partial charge >= 0.3 is 11.8 Å². The van der Waals surface area contributed by atoms with Crippen molar-refractivity contribution in [3.05, 3.63) is 94.5 Å². The number of carbonyl (C=O) groups excluding carboxylic acids is 2. The van der Waals surface area contributed by atoms with Crippen molar-refractivity contribution < 1.29 is 14.3 Å². The first kappa shape index (κ1) is 22.7. The summed E-state index contributed by atoms with van der Waals surface area (Å²) in [6.45, 7) is 8.12. The first-order chi connectivity index (χ1) is 15.3. The first-order valence-electron chi connectivity index (χ1n) is 10.3. The Hall–Kier alpha value is -3.93. The summed E-state index contributed by atoms with van der Waals surface area (Å²) in [5.41, 5.74) is 8.55. The summed E-state index contributed by atoms with van der Waals surface area (Å²) < 4.78 is 5.81. The first-order valence-corrected chi connectivity index (χ1v) is 10.3. The molecule has 0 heterocycles. The molecule has 3 aromatic rings. The third-order valence-corrected chi connectivity index (χ3v) is 4.96. The van der Waals surface area contributed by atoms with Gasteiger partial charge in [-0.3, -0.25) is 9.59 Å². The van der Waals surface area contributed by atoms with Gasteiger partial charge in [-0.05, 0) is 74.7 Å². The minimum Gasteiger partial charge on any atom is -0.489 e. The average Bonchev–Trinajstić information content (AvgIpc) is 2.79. The van der Waals surface area contributed by atoms with E-state index < -0.39 is 11.8 Å². The molecular formula is C26H27N3O3. The summed E-state index contributed by atoms with van der Waals surface area (Å²) in [6, 6.07) is 21.2. The molecular weight excluding hydrogens is 402 g/mol. The second-order valence-electron chi connectivity index (χ2n) is 7.71. The van der Waals surface area contributed by atoms with E-state index in [1.165, 1.54) is 5.56 Å². The van der Waals surface area contributed by atoms with Gasteiger partial charge in [-0.2, -0.15) is 5.10 Å². The van der Waals surface area contributed by atoms with Gasteiger partial charge < -0.3 is 10.1 Å². The molecule has 0 radical (unpaired) electrons. The number of rotatable bonds is 6. The number of ether oxygens (including phenoxy) is 1. The molecule has 0 aromatic heterocycles. The lowest BCUT2D eigenvalue weighted by molar-refractivity contribution is -0.136. The minimum atomic E-state index is -0.831. The molecule has 0 bridgehead atoms. The van der Waals surface area contributed by atoms with Crippen LogP contribution in [0.3, 0.4) is 0 Å². The molecule has 2 N–H and O–H groups in total. The number of nitrogens with one attached hydrogen (secondary N) is 2. The van der Waals surface area contributed by atoms with Crippen LogP contribution in [0.2, 0.25) is 0 Å². The van der Waals surface area contributed by atoms with Gasteiger partial charge in [-0.15, -0.1) is 0 Å². The Balaban J connectivity index is 1.53. The zero-order valence-electron chi connectivity index (χ0n) is 18.7. The van der Waals surface area contributed by atoms with Crippen LogP contribution in [0.4, 0.5) is 5.69 Å². The van der Waals surface area contributed by atoms with E-state index in [0.29, 0.717) is 18.0 Å². The third-order valence-electron chi connectivity index (χ3n) is 4.96. The Morgan fingerprint density at radius 1 is 0.844 bits per heavy atom. The van der Waals surface area contributed by atoms with Crippen LogP contribution >= 0.6 is 0 Å². The standard InChI is InChI=1S/C26H27N3O3/c1-17-5-8-21(9-6-17)16-32-23-12-10-22(11-13-23)20(4)28-29-26(31)25(30)27-24-14-7-18(2)15-19(24)3/h5-15H,16H2,1-4H3,(H,27,30)(H,29,31)/b28-20+. The molecule has 0 unspecified atom stereocenters. The Labute approximate surface area is 188 Å². The highest BCUT2D eigenvalue weighted by molar-refractivity contribution is 6.39. The molecule has 0 spiro atoms. The lowest BCUT2D eigenvalue weighted by Gasteiger charge is -2.09. The van der Waals surface area contributed by atoms with E-state index >= 15 is 0 Å². The molecule has 0 saturated carbocycles. The molecule has 0 aliphatic rings. The average molecular weight is 430 g/mol. The van der Waals surface area contributed by atoms with Gasteiger partial charge in [-0.1, -0.05) is 47.5 Å². The van der Waals surface area contributed by atoms with E-state index in [1.54, 1.807) is 13.0 Å². The summed E-state index contributed by atoms with van der Waals surface area (Å²) in [7, 11) is 0. The Kier molecular flexibility index (Phi) is 7.39. The van der Waals surface area contributed by atoms with Gasteiger partial charge in [0, 0.05) is 5.69 Å². The van der Waals surface area contributed by atoms with Crippen molar-refractivity contribution in [1.82, 2.24) is 5.43 Å². The fourth-order valence-electron chi connectivity index (χ4n) is 3.03. The van der Waals surface area contributed by atoms with Crippen molar-refractivity contribution in [2.75, 3.05) is 5.32 Å². The number of hydrogen-bond donors (Lipinski definition) is 2. The van der Waals surface area contributed by atoms with Crippen LogP contribution in [0, 0.1) is 20.8 Å². The maximum Gasteiger partial charge on any atom is 0.329 e. The largest absolute Gasteiger partial charge is 0.489 e. The van der Waals surface area contributed by atoms with E-state index in [9.17, 15) is 9.59 Å². The zero-order chi connectivity index (χ0) is 23.1. The molecule has 3 rings (SSSR count). The van der Waals surface area contributed by atoms with Gasteiger partial charge in [0.2, 0.25) is 0 Å². The predicted octanol–water partition coefficient (Wildman–Crippen LogP) is 4.67. The fraction of sp³-hybridized carbons (Fsp3) is 0.192. The maximum absolute atomic E-state index is 12.1. The zero-order valence-corrected chi connectivity index (χ0v) is 18.7.